The van der Waals surface area contributed by atoms with E-state index in [4.69, 9.17) is 4.74 Å². The van der Waals surface area contributed by atoms with Crippen LogP contribution in [0.4, 0.5) is 20.6 Å². The number of hydrogen-bond acceptors (Lipinski definition) is 7. The van der Waals surface area contributed by atoms with Crippen molar-refractivity contribution in [3.8, 4) is 0 Å². The number of amides is 2. The Morgan fingerprint density at radius 1 is 1.11 bits per heavy atom. The number of rotatable bonds is 8. The summed E-state index contributed by atoms with van der Waals surface area (Å²) < 4.78 is 22.1. The Morgan fingerprint density at radius 3 is 2.79 bits per heavy atom. The number of aliphatic hydroxyl groups is 1. The number of benzene rings is 2. The van der Waals surface area contributed by atoms with Gasteiger partial charge in [0.1, 0.15) is 11.9 Å². The second-order valence-corrected chi connectivity index (χ2v) is 10.8. The molecular weight excluding hydrogens is 511 g/mol. The van der Waals surface area contributed by atoms with Crippen LogP contribution in [-0.2, 0) is 16.1 Å². The van der Waals surface area contributed by atoms with Crippen LogP contribution >= 0.6 is 11.8 Å². The highest BCUT2D eigenvalue weighted by Crippen LogP contribution is 2.37. The number of hydrogen-bond donors (Lipinski definition) is 2. The Kier molecular flexibility index (Phi) is 6.58. The van der Waals surface area contributed by atoms with Crippen molar-refractivity contribution in [1.29, 1.82) is 0 Å². The van der Waals surface area contributed by atoms with Gasteiger partial charge in [0.05, 0.1) is 30.1 Å². The van der Waals surface area contributed by atoms with Gasteiger partial charge in [-0.25, -0.2) is 9.18 Å². The average Bonchev–Trinajstić information content (AvgIpc) is 3.47. The summed E-state index contributed by atoms with van der Waals surface area (Å²) in [5.74, 6) is -0.187. The molecule has 3 aromatic rings. The van der Waals surface area contributed by atoms with E-state index in [9.17, 15) is 23.9 Å². The third-order valence-electron chi connectivity index (χ3n) is 7.40. The predicted octanol–water partition coefficient (Wildman–Crippen LogP) is 2.99. The van der Waals surface area contributed by atoms with E-state index < -0.39 is 12.2 Å². The number of thioether (sulfide) groups is 1. The van der Waals surface area contributed by atoms with Gasteiger partial charge in [-0.05, 0) is 54.8 Å². The molecule has 0 spiro atoms. The van der Waals surface area contributed by atoms with Gasteiger partial charge in [-0.1, -0.05) is 0 Å². The van der Waals surface area contributed by atoms with Crippen molar-refractivity contribution in [2.45, 2.75) is 29.9 Å². The van der Waals surface area contributed by atoms with Crippen LogP contribution in [0.15, 0.2) is 52.2 Å². The standard InChI is InChI=1S/C27H27FN4O5S/c28-20-4-1-16-2-6-24(35)32-12-17(25(20)26(16)32)7-8-30(9-10-33)13-19-14-31(27(36)37-19)18-3-5-22-21(11-18)29-23(34)15-38-22/h1-6,11,17,19,33H,7-10,12-15H2,(H,29,34)/t17?,19-/m1/s1. The van der Waals surface area contributed by atoms with E-state index in [0.29, 0.717) is 67.4 Å². The van der Waals surface area contributed by atoms with E-state index in [1.165, 1.54) is 23.9 Å². The Balaban J connectivity index is 1.13. The number of halogens is 1. The van der Waals surface area contributed by atoms with Gasteiger partial charge >= 0.3 is 6.09 Å². The lowest BCUT2D eigenvalue weighted by Gasteiger charge is -2.25. The molecule has 2 N–H and O–H groups in total. The minimum atomic E-state index is -0.465. The highest BCUT2D eigenvalue weighted by Gasteiger charge is 2.35. The van der Waals surface area contributed by atoms with Crippen molar-refractivity contribution in [1.82, 2.24) is 9.47 Å². The van der Waals surface area contributed by atoms with Gasteiger partial charge in [-0.15, -0.1) is 11.8 Å². The van der Waals surface area contributed by atoms with Crippen LogP contribution in [0.1, 0.15) is 17.9 Å². The van der Waals surface area contributed by atoms with Crippen molar-refractivity contribution in [3.63, 3.8) is 0 Å². The summed E-state index contributed by atoms with van der Waals surface area (Å²) in [4.78, 5) is 41.4. The SMILES string of the molecule is O=C1CSc2ccc(N3C[C@@H](CN(CCO)CCC4Cn5c(=O)ccc6ccc(F)c4c65)OC3=O)cc2N1. The molecule has 1 aromatic heterocycles. The second kappa shape index (κ2) is 10.0. The lowest BCUT2D eigenvalue weighted by molar-refractivity contribution is -0.113. The van der Waals surface area contributed by atoms with Gasteiger partial charge in [0.15, 0.2) is 0 Å². The maximum absolute atomic E-state index is 14.9. The maximum Gasteiger partial charge on any atom is 0.414 e. The summed E-state index contributed by atoms with van der Waals surface area (Å²) >= 11 is 1.46. The fraction of sp³-hybridized carbons (Fsp3) is 0.370. The molecule has 2 aromatic carbocycles. The minimum Gasteiger partial charge on any atom is -0.443 e. The molecule has 2 amide bonds. The molecule has 1 fully saturated rings. The third-order valence-corrected chi connectivity index (χ3v) is 8.47. The Bertz CT molecular complexity index is 1490. The monoisotopic (exact) mass is 538 g/mol. The number of carbonyl (C=O) groups excluding carboxylic acids is 2. The Labute approximate surface area is 222 Å². The van der Waals surface area contributed by atoms with Crippen molar-refractivity contribution >= 4 is 46.0 Å². The molecule has 0 saturated carbocycles. The van der Waals surface area contributed by atoms with Crippen LogP contribution in [-0.4, -0.2) is 71.2 Å². The van der Waals surface area contributed by atoms with E-state index >= 15 is 0 Å². The molecule has 0 aliphatic carbocycles. The van der Waals surface area contributed by atoms with E-state index in [0.717, 1.165) is 10.3 Å². The van der Waals surface area contributed by atoms with Gasteiger partial charge in [0.2, 0.25) is 5.91 Å². The molecule has 4 heterocycles. The average molecular weight is 539 g/mol. The molecule has 0 bridgehead atoms. The molecule has 6 rings (SSSR count). The second-order valence-electron chi connectivity index (χ2n) is 9.82. The first-order valence-corrected chi connectivity index (χ1v) is 13.6. The molecular formula is C27H27FN4O5S. The normalized spacial score (nSPS) is 20.2. The third kappa shape index (κ3) is 4.55. The molecule has 3 aliphatic rings. The molecule has 198 valence electrons. The van der Waals surface area contributed by atoms with Crippen LogP contribution in [0.5, 0.6) is 0 Å². The zero-order valence-corrected chi connectivity index (χ0v) is 21.4. The highest BCUT2D eigenvalue weighted by atomic mass is 32.2. The van der Waals surface area contributed by atoms with Gasteiger partial charge < -0.3 is 19.7 Å². The van der Waals surface area contributed by atoms with Gasteiger partial charge in [0, 0.05) is 47.8 Å². The van der Waals surface area contributed by atoms with Crippen LogP contribution < -0.4 is 15.8 Å². The number of aliphatic hydroxyl groups excluding tert-OH is 1. The molecule has 38 heavy (non-hydrogen) atoms. The number of nitrogens with one attached hydrogen (secondary N) is 1. The van der Waals surface area contributed by atoms with Crippen molar-refractivity contribution < 1.29 is 23.8 Å². The fourth-order valence-electron chi connectivity index (χ4n) is 5.64. The molecule has 1 saturated heterocycles. The van der Waals surface area contributed by atoms with E-state index in [-0.39, 0.29) is 29.8 Å². The summed E-state index contributed by atoms with van der Waals surface area (Å²) in [7, 11) is 0. The number of pyridine rings is 1. The largest absolute Gasteiger partial charge is 0.443 e. The number of anilines is 2. The van der Waals surface area contributed by atoms with Gasteiger partial charge in [-0.3, -0.25) is 19.4 Å². The summed E-state index contributed by atoms with van der Waals surface area (Å²) in [5, 5.41) is 13.3. The van der Waals surface area contributed by atoms with Crippen LogP contribution in [0.2, 0.25) is 0 Å². The lowest BCUT2D eigenvalue weighted by atomic mass is 9.96. The van der Waals surface area contributed by atoms with Crippen molar-refractivity contribution in [2.75, 3.05) is 48.8 Å². The first-order valence-electron chi connectivity index (χ1n) is 12.6. The first-order chi connectivity index (χ1) is 18.4. The van der Waals surface area contributed by atoms with Crippen molar-refractivity contribution in [3.05, 3.63) is 64.2 Å². The molecule has 9 nitrogen and oxygen atoms in total. The number of nitrogens with zero attached hydrogens (tertiary/aromatic N) is 3. The number of ether oxygens (including phenoxy) is 1. The van der Waals surface area contributed by atoms with Crippen LogP contribution in [0.3, 0.4) is 0 Å². The number of fused-ring (bicyclic) bond motifs is 1. The summed E-state index contributed by atoms with van der Waals surface area (Å²) in [6.45, 7) is 2.01. The maximum atomic E-state index is 14.9. The summed E-state index contributed by atoms with van der Waals surface area (Å²) in [5.41, 5.74) is 2.42. The molecule has 1 unspecified atom stereocenters. The van der Waals surface area contributed by atoms with Crippen LogP contribution in [0, 0.1) is 5.82 Å². The molecule has 3 aliphatic heterocycles. The predicted molar refractivity (Wildman–Crippen MR) is 142 cm³/mol. The number of cyclic esters (lactones) is 1. The van der Waals surface area contributed by atoms with E-state index in [1.807, 2.05) is 17.0 Å². The van der Waals surface area contributed by atoms with Crippen molar-refractivity contribution in [2.24, 2.45) is 0 Å². The zero-order chi connectivity index (χ0) is 26.4. The number of carbonyl (C=O) groups is 2. The topological polar surface area (TPSA) is 104 Å². The van der Waals surface area contributed by atoms with Gasteiger partial charge in [-0.2, -0.15) is 0 Å². The molecule has 0 radical (unpaired) electrons. The fourth-order valence-corrected chi connectivity index (χ4v) is 6.43. The first kappa shape index (κ1) is 24.9. The summed E-state index contributed by atoms with van der Waals surface area (Å²) in [6.07, 6.45) is -0.297. The molecule has 2 atom stereocenters. The quantitative estimate of drug-likeness (QED) is 0.455. The minimum absolute atomic E-state index is 0.0686. The Morgan fingerprint density at radius 2 is 1.95 bits per heavy atom. The van der Waals surface area contributed by atoms with E-state index in [1.54, 1.807) is 27.7 Å². The molecule has 11 heteroatoms. The number of aromatic nitrogens is 1. The Hall–Kier alpha value is -3.41. The highest BCUT2D eigenvalue weighted by molar-refractivity contribution is 8.00. The van der Waals surface area contributed by atoms with Gasteiger partial charge in [0.25, 0.3) is 5.56 Å². The van der Waals surface area contributed by atoms with Crippen LogP contribution in [0.25, 0.3) is 10.9 Å². The summed E-state index contributed by atoms with van der Waals surface area (Å²) in [6, 6.07) is 11.9. The van der Waals surface area contributed by atoms with E-state index in [2.05, 4.69) is 5.32 Å². The smallest absolute Gasteiger partial charge is 0.414 e. The lowest BCUT2D eigenvalue weighted by Crippen LogP contribution is -2.38. The zero-order valence-electron chi connectivity index (χ0n) is 20.6.